The van der Waals surface area contributed by atoms with E-state index in [-0.39, 0.29) is 21.2 Å². The van der Waals surface area contributed by atoms with Crippen molar-refractivity contribution in [3.8, 4) is 11.5 Å². The van der Waals surface area contributed by atoms with Crippen molar-refractivity contribution >= 4 is 10.1 Å². The number of hydrogen-bond acceptors (Lipinski definition) is 5. The third-order valence-corrected chi connectivity index (χ3v) is 6.11. The number of hydrogen-bond donors (Lipinski definition) is 0. The van der Waals surface area contributed by atoms with E-state index in [2.05, 4.69) is 12.1 Å². The Morgan fingerprint density at radius 2 is 1.20 bits per heavy atom. The average Bonchev–Trinajstić information content (AvgIpc) is 2.54. The van der Waals surface area contributed by atoms with Crippen LogP contribution in [0.25, 0.3) is 0 Å². The first kappa shape index (κ1) is 21.5. The highest BCUT2D eigenvalue weighted by atomic mass is 127. The first-order chi connectivity index (χ1) is 11.6. The normalized spacial score (nSPS) is 11.3. The summed E-state index contributed by atoms with van der Waals surface area (Å²) in [5.41, 5.74) is -5.65. The monoisotopic (exact) mass is 490 g/mol. The molecule has 0 fully saturated rings. The van der Waals surface area contributed by atoms with Gasteiger partial charge >= 0.3 is 26.7 Å². The Kier molecular flexibility index (Phi) is 7.96. The number of ether oxygens (including phenoxy) is 2. The smallest absolute Gasteiger partial charge is 0.485 e. The number of methoxy groups -OCH3 is 2. The summed E-state index contributed by atoms with van der Waals surface area (Å²) in [6, 6.07) is 16.3. The van der Waals surface area contributed by atoms with Gasteiger partial charge in [0.05, 0.1) is 14.2 Å². The van der Waals surface area contributed by atoms with Crippen LogP contribution >= 0.6 is 0 Å². The predicted molar refractivity (Wildman–Crippen MR) is 79.1 cm³/mol. The zero-order chi connectivity index (χ0) is 19.1. The van der Waals surface area contributed by atoms with Crippen LogP contribution in [0.15, 0.2) is 48.5 Å². The van der Waals surface area contributed by atoms with Gasteiger partial charge in [-0.15, -0.1) is 0 Å². The van der Waals surface area contributed by atoms with Crippen LogP contribution < -0.4 is 30.7 Å². The summed E-state index contributed by atoms with van der Waals surface area (Å²) >= 11 is -0.277. The molecule has 0 amide bonds. The van der Waals surface area contributed by atoms with Gasteiger partial charge in [-0.05, 0) is 24.3 Å². The number of benzene rings is 2. The molecule has 10 heteroatoms. The second-order valence-electron chi connectivity index (χ2n) is 4.26. The number of para-hydroxylation sites is 2. The van der Waals surface area contributed by atoms with Crippen LogP contribution in [0.4, 0.5) is 13.2 Å². The van der Waals surface area contributed by atoms with Crippen molar-refractivity contribution < 1.29 is 56.8 Å². The maximum Gasteiger partial charge on any atom is 0.485 e. The molecule has 138 valence electrons. The van der Waals surface area contributed by atoms with E-state index < -0.39 is 15.6 Å². The minimum absolute atomic E-state index is 0.277. The molecule has 0 saturated heterocycles. The molecule has 0 heterocycles. The molecule has 0 N–H and O–H groups in total. The molecule has 0 atom stereocenters. The van der Waals surface area contributed by atoms with E-state index in [1.54, 1.807) is 14.2 Å². The maximum absolute atomic E-state index is 10.7. The summed E-state index contributed by atoms with van der Waals surface area (Å²) in [4.78, 5) is 0. The van der Waals surface area contributed by atoms with Gasteiger partial charge < -0.3 is 14.0 Å². The molecule has 2 aromatic rings. The fraction of sp³-hybridized carbons (Fsp3) is 0.200. The fourth-order valence-electron chi connectivity index (χ4n) is 1.49. The molecule has 2 aromatic carbocycles. The van der Waals surface area contributed by atoms with Crippen LogP contribution in [0.1, 0.15) is 0 Å². The number of halogens is 4. The van der Waals surface area contributed by atoms with Crippen LogP contribution in [0.3, 0.4) is 0 Å². The van der Waals surface area contributed by atoms with Gasteiger partial charge in [0.1, 0.15) is 0 Å². The van der Waals surface area contributed by atoms with Gasteiger partial charge in [-0.1, -0.05) is 24.3 Å². The van der Waals surface area contributed by atoms with E-state index in [0.717, 1.165) is 11.5 Å². The van der Waals surface area contributed by atoms with Gasteiger partial charge in [0, 0.05) is 0 Å². The quantitative estimate of drug-likeness (QED) is 0.340. The largest absolute Gasteiger partial charge is 0.741 e. The Labute approximate surface area is 153 Å². The molecule has 25 heavy (non-hydrogen) atoms. The topological polar surface area (TPSA) is 75.7 Å². The summed E-state index contributed by atoms with van der Waals surface area (Å²) < 4.78 is 72.2. The van der Waals surface area contributed by atoms with Crippen molar-refractivity contribution in [2.75, 3.05) is 14.2 Å². The third-order valence-electron chi connectivity index (χ3n) is 2.60. The van der Waals surface area contributed by atoms with Crippen molar-refractivity contribution in [2.24, 2.45) is 0 Å². The molecule has 0 spiro atoms. The van der Waals surface area contributed by atoms with E-state index in [1.807, 2.05) is 36.4 Å². The molecule has 0 saturated carbocycles. The van der Waals surface area contributed by atoms with E-state index in [0.29, 0.717) is 0 Å². The van der Waals surface area contributed by atoms with E-state index in [4.69, 9.17) is 22.4 Å². The predicted octanol–water partition coefficient (Wildman–Crippen LogP) is -0.116. The van der Waals surface area contributed by atoms with Crippen LogP contribution in [-0.4, -0.2) is 32.7 Å². The van der Waals surface area contributed by atoms with Gasteiger partial charge in [-0.3, -0.25) is 0 Å². The molecule has 0 aliphatic carbocycles. The van der Waals surface area contributed by atoms with Crippen molar-refractivity contribution in [3.05, 3.63) is 55.7 Å². The first-order valence-electron chi connectivity index (χ1n) is 6.53. The van der Waals surface area contributed by atoms with E-state index >= 15 is 0 Å². The molecule has 0 unspecified atom stereocenters. The van der Waals surface area contributed by atoms with Gasteiger partial charge in [0.25, 0.3) is 0 Å². The second-order valence-corrected chi connectivity index (χ2v) is 8.50. The summed E-state index contributed by atoms with van der Waals surface area (Å²) in [5, 5.41) is 0. The Balaban J connectivity index is 0.000000333. The van der Waals surface area contributed by atoms with Crippen LogP contribution in [0, 0.1) is 7.14 Å². The van der Waals surface area contributed by atoms with Gasteiger partial charge in [0.2, 0.25) is 7.14 Å². The molecule has 2 rings (SSSR count). The summed E-state index contributed by atoms with van der Waals surface area (Å²) in [6.07, 6.45) is 0. The highest BCUT2D eigenvalue weighted by Gasteiger charge is 2.36. The standard InChI is InChI=1S/C14H14IO2.CHF3O3S/c1-16-13-9-5-3-7-11(13)15-12-8-4-6-10-14(12)17-2;2-1(3,4)8(5,6)7/h3-10H,1-2H3;(H,5,6,7)/q+1;/p-1. The Morgan fingerprint density at radius 3 is 1.48 bits per heavy atom. The van der Waals surface area contributed by atoms with E-state index in [9.17, 15) is 13.2 Å². The summed E-state index contributed by atoms with van der Waals surface area (Å²) in [7, 11) is -2.66. The molecule has 5 nitrogen and oxygen atoms in total. The van der Waals surface area contributed by atoms with Crippen molar-refractivity contribution in [1.29, 1.82) is 0 Å². The van der Waals surface area contributed by atoms with Gasteiger partial charge in [-0.2, -0.15) is 13.2 Å². The van der Waals surface area contributed by atoms with Crippen LogP contribution in [-0.2, 0) is 10.1 Å². The molecule has 0 aromatic heterocycles. The van der Waals surface area contributed by atoms with Crippen molar-refractivity contribution in [2.45, 2.75) is 5.51 Å². The van der Waals surface area contributed by atoms with Gasteiger partial charge in [0.15, 0.2) is 21.6 Å². The lowest BCUT2D eigenvalue weighted by atomic mass is 10.3. The fourth-order valence-corrected chi connectivity index (χ4v) is 4.22. The van der Waals surface area contributed by atoms with Gasteiger partial charge in [-0.25, -0.2) is 8.42 Å². The van der Waals surface area contributed by atoms with E-state index in [1.165, 1.54) is 7.14 Å². The highest BCUT2D eigenvalue weighted by molar-refractivity contribution is 7.86. The maximum atomic E-state index is 10.7. The third kappa shape index (κ3) is 6.71. The molecule has 0 bridgehead atoms. The van der Waals surface area contributed by atoms with Crippen LogP contribution in [0.2, 0.25) is 0 Å². The van der Waals surface area contributed by atoms with Crippen molar-refractivity contribution in [1.82, 2.24) is 0 Å². The lowest BCUT2D eigenvalue weighted by Crippen LogP contribution is -3.61. The Morgan fingerprint density at radius 1 is 0.880 bits per heavy atom. The molecule has 0 radical (unpaired) electrons. The number of rotatable bonds is 4. The lowest BCUT2D eigenvalue weighted by Gasteiger charge is -2.08. The molecule has 0 aliphatic rings. The molecular formula is C15H14F3IO5S. The lowest BCUT2D eigenvalue weighted by molar-refractivity contribution is -0.598. The van der Waals surface area contributed by atoms with Crippen molar-refractivity contribution in [3.63, 3.8) is 0 Å². The first-order valence-corrected chi connectivity index (χ1v) is 10.1. The SMILES string of the molecule is COc1ccccc1[I+]c1ccccc1OC.O=S(=O)([O-])C(F)(F)F. The Hall–Kier alpha value is -1.53. The average molecular weight is 490 g/mol. The highest BCUT2D eigenvalue weighted by Crippen LogP contribution is 2.20. The summed E-state index contributed by atoms with van der Waals surface area (Å²) in [5.74, 6) is 1.93. The Bertz CT molecular complexity index is 748. The minimum Gasteiger partial charge on any atom is -0.741 e. The zero-order valence-corrected chi connectivity index (χ0v) is 16.1. The summed E-state index contributed by atoms with van der Waals surface area (Å²) in [6.45, 7) is 0. The minimum atomic E-state index is -6.09. The molecule has 0 aliphatic heterocycles. The zero-order valence-electron chi connectivity index (χ0n) is 13.1. The number of alkyl halides is 3. The second kappa shape index (κ2) is 9.25. The van der Waals surface area contributed by atoms with Crippen LogP contribution in [0.5, 0.6) is 11.5 Å². The molecular weight excluding hydrogens is 476 g/mol.